The highest BCUT2D eigenvalue weighted by Crippen LogP contribution is 2.25. The number of H-pyrrole nitrogens is 1. The van der Waals surface area contributed by atoms with Crippen LogP contribution in [0.5, 0.6) is 0 Å². The second-order valence-electron chi connectivity index (χ2n) is 7.61. The van der Waals surface area contributed by atoms with Crippen molar-refractivity contribution in [3.05, 3.63) is 83.1 Å². The lowest BCUT2D eigenvalue weighted by atomic mass is 9.98. The van der Waals surface area contributed by atoms with Crippen LogP contribution in [-0.4, -0.2) is 36.0 Å². The van der Waals surface area contributed by atoms with E-state index in [9.17, 15) is 14.4 Å². The Bertz CT molecular complexity index is 1140. The van der Waals surface area contributed by atoms with Gasteiger partial charge in [0.1, 0.15) is 12.6 Å². The Morgan fingerprint density at radius 1 is 1.06 bits per heavy atom. The molecule has 0 aliphatic rings. The summed E-state index contributed by atoms with van der Waals surface area (Å²) < 4.78 is 10.1. The van der Waals surface area contributed by atoms with Gasteiger partial charge in [0.05, 0.1) is 7.11 Å². The zero-order valence-corrected chi connectivity index (χ0v) is 18.3. The summed E-state index contributed by atoms with van der Waals surface area (Å²) in [5.41, 5.74) is 3.72. The zero-order chi connectivity index (χ0) is 23.1. The number of rotatable bonds is 8. The van der Waals surface area contributed by atoms with Crippen molar-refractivity contribution in [3.8, 4) is 0 Å². The third-order valence-corrected chi connectivity index (χ3v) is 4.89. The average Bonchev–Trinajstić information content (AvgIpc) is 3.20. The highest BCUT2D eigenvalue weighted by atomic mass is 16.6. The predicted octanol–water partition coefficient (Wildman–Crippen LogP) is 4.33. The van der Waals surface area contributed by atoms with E-state index in [0.717, 1.165) is 16.7 Å². The van der Waals surface area contributed by atoms with Crippen molar-refractivity contribution in [2.45, 2.75) is 32.9 Å². The third-order valence-electron chi connectivity index (χ3n) is 4.89. The number of nitrogens with one attached hydrogen (secondary N) is 2. The van der Waals surface area contributed by atoms with E-state index in [1.807, 2.05) is 50.2 Å². The largest absolute Gasteiger partial charge is 0.467 e. The zero-order valence-electron chi connectivity index (χ0n) is 18.3. The molecule has 1 atom stereocenters. The number of alkyl carbamates (subject to hydrolysis) is 1. The summed E-state index contributed by atoms with van der Waals surface area (Å²) in [6.07, 6.45) is 2.70. The van der Waals surface area contributed by atoms with Crippen molar-refractivity contribution in [2.24, 2.45) is 0 Å². The number of methoxy groups -OCH3 is 1. The molecular weight excluding hydrogens is 408 g/mol. The summed E-state index contributed by atoms with van der Waals surface area (Å²) in [4.78, 5) is 40.5. The maximum atomic E-state index is 12.7. The number of hydrogen-bond acceptors (Lipinski definition) is 5. The summed E-state index contributed by atoms with van der Waals surface area (Å²) in [6.45, 7) is 3.79. The molecule has 0 aliphatic carbocycles. The van der Waals surface area contributed by atoms with Gasteiger partial charge in [-0.3, -0.25) is 4.79 Å². The van der Waals surface area contributed by atoms with E-state index in [1.165, 1.54) is 7.11 Å². The Morgan fingerprint density at radius 3 is 2.50 bits per heavy atom. The van der Waals surface area contributed by atoms with Gasteiger partial charge < -0.3 is 19.8 Å². The van der Waals surface area contributed by atoms with E-state index in [-0.39, 0.29) is 18.8 Å². The standard InChI is InChI=1S/C25H26N2O5/c1-16(2)12-22(28)19-10-7-11-20-23(19)18(14-26-20)13-21(24(29)31-3)27-25(30)32-15-17-8-5-4-6-9-17/h4-12,14,21,26H,13,15H2,1-3H3,(H,27,30)/t21-/m1/s1. The van der Waals surface area contributed by atoms with Crippen LogP contribution < -0.4 is 5.32 Å². The Labute approximate surface area is 186 Å². The maximum Gasteiger partial charge on any atom is 0.408 e. The molecule has 0 unspecified atom stereocenters. The van der Waals surface area contributed by atoms with Crippen LogP contribution in [0.2, 0.25) is 0 Å². The summed E-state index contributed by atoms with van der Waals surface area (Å²) >= 11 is 0. The number of hydrogen-bond donors (Lipinski definition) is 2. The first kappa shape index (κ1) is 22.8. The van der Waals surface area contributed by atoms with Crippen molar-refractivity contribution in [1.82, 2.24) is 10.3 Å². The maximum absolute atomic E-state index is 12.7. The Morgan fingerprint density at radius 2 is 1.81 bits per heavy atom. The Balaban J connectivity index is 1.81. The molecule has 0 saturated carbocycles. The number of benzene rings is 2. The highest BCUT2D eigenvalue weighted by Gasteiger charge is 2.25. The van der Waals surface area contributed by atoms with Crippen molar-refractivity contribution >= 4 is 28.7 Å². The fraction of sp³-hybridized carbons (Fsp3) is 0.240. The van der Waals surface area contributed by atoms with Crippen LogP contribution in [0.4, 0.5) is 4.79 Å². The topological polar surface area (TPSA) is 97.5 Å². The average molecular weight is 434 g/mol. The van der Waals surface area contributed by atoms with Gasteiger partial charge in [-0.25, -0.2) is 9.59 Å². The quantitative estimate of drug-likeness (QED) is 0.312. The van der Waals surface area contributed by atoms with Gasteiger partial charge in [0.2, 0.25) is 0 Å². The minimum Gasteiger partial charge on any atom is -0.467 e. The van der Waals surface area contributed by atoms with E-state index in [1.54, 1.807) is 24.4 Å². The molecule has 0 radical (unpaired) electrons. The normalized spacial score (nSPS) is 11.5. The van der Waals surface area contributed by atoms with E-state index < -0.39 is 18.1 Å². The predicted molar refractivity (Wildman–Crippen MR) is 121 cm³/mol. The number of amides is 1. The molecule has 0 fully saturated rings. The number of fused-ring (bicyclic) bond motifs is 1. The van der Waals surface area contributed by atoms with Crippen LogP contribution in [0.3, 0.4) is 0 Å². The lowest BCUT2D eigenvalue weighted by Gasteiger charge is -2.16. The molecule has 0 bridgehead atoms. The summed E-state index contributed by atoms with van der Waals surface area (Å²) in [6, 6.07) is 13.7. The van der Waals surface area contributed by atoms with Gasteiger partial charge in [-0.2, -0.15) is 0 Å². The molecule has 3 aromatic rings. The number of carbonyl (C=O) groups is 3. The minimum absolute atomic E-state index is 0.0784. The number of carbonyl (C=O) groups excluding carboxylic acids is 3. The van der Waals surface area contributed by atoms with Gasteiger partial charge in [0.15, 0.2) is 5.78 Å². The van der Waals surface area contributed by atoms with Gasteiger partial charge in [-0.05, 0) is 37.1 Å². The third kappa shape index (κ3) is 5.63. The van der Waals surface area contributed by atoms with E-state index in [4.69, 9.17) is 9.47 Å². The van der Waals surface area contributed by atoms with Gasteiger partial charge in [-0.15, -0.1) is 0 Å². The van der Waals surface area contributed by atoms with Gasteiger partial charge in [0.25, 0.3) is 0 Å². The van der Waals surface area contributed by atoms with Crippen molar-refractivity contribution < 1.29 is 23.9 Å². The van der Waals surface area contributed by atoms with Crippen molar-refractivity contribution in [2.75, 3.05) is 7.11 Å². The first-order chi connectivity index (χ1) is 15.4. The van der Waals surface area contributed by atoms with Crippen LogP contribution in [0.25, 0.3) is 10.9 Å². The second kappa shape index (κ2) is 10.4. The lowest BCUT2D eigenvalue weighted by Crippen LogP contribution is -2.43. The fourth-order valence-electron chi connectivity index (χ4n) is 3.42. The molecule has 0 spiro atoms. The minimum atomic E-state index is -0.978. The summed E-state index contributed by atoms with van der Waals surface area (Å²) in [5, 5.41) is 3.29. The molecule has 2 aromatic carbocycles. The van der Waals surface area contributed by atoms with Crippen molar-refractivity contribution in [1.29, 1.82) is 0 Å². The van der Waals surface area contributed by atoms with Gasteiger partial charge in [-0.1, -0.05) is 48.0 Å². The first-order valence-corrected chi connectivity index (χ1v) is 10.2. The number of esters is 1. The smallest absolute Gasteiger partial charge is 0.408 e. The monoisotopic (exact) mass is 434 g/mol. The second-order valence-corrected chi connectivity index (χ2v) is 7.61. The highest BCUT2D eigenvalue weighted by molar-refractivity contribution is 6.14. The molecule has 32 heavy (non-hydrogen) atoms. The number of aromatic amines is 1. The van der Waals surface area contributed by atoms with Crippen LogP contribution in [0, 0.1) is 0 Å². The molecule has 3 rings (SSSR count). The van der Waals surface area contributed by atoms with Crippen LogP contribution in [0.15, 0.2) is 66.4 Å². The summed E-state index contributed by atoms with van der Waals surface area (Å²) in [5.74, 6) is -0.731. The van der Waals surface area contributed by atoms with Crippen LogP contribution in [0.1, 0.15) is 35.3 Å². The molecule has 2 N–H and O–H groups in total. The number of ether oxygens (including phenoxy) is 2. The molecule has 1 aromatic heterocycles. The van der Waals surface area contributed by atoms with Crippen molar-refractivity contribution in [3.63, 3.8) is 0 Å². The SMILES string of the molecule is COC(=O)[C@@H](Cc1c[nH]c2cccc(C(=O)C=C(C)C)c12)NC(=O)OCc1ccccc1. The molecule has 0 saturated heterocycles. The number of allylic oxidation sites excluding steroid dienone is 2. The molecule has 1 heterocycles. The Hall–Kier alpha value is -3.87. The fourth-order valence-corrected chi connectivity index (χ4v) is 3.42. The number of aromatic nitrogens is 1. The molecular formula is C25H26N2O5. The van der Waals surface area contributed by atoms with Crippen LogP contribution in [-0.2, 0) is 27.3 Å². The number of ketones is 1. The molecule has 7 heteroatoms. The lowest BCUT2D eigenvalue weighted by molar-refractivity contribution is -0.143. The molecule has 7 nitrogen and oxygen atoms in total. The first-order valence-electron chi connectivity index (χ1n) is 10.2. The van der Waals surface area contributed by atoms with E-state index >= 15 is 0 Å². The Kier molecular flexibility index (Phi) is 7.44. The summed E-state index contributed by atoms with van der Waals surface area (Å²) in [7, 11) is 1.26. The van der Waals surface area contributed by atoms with E-state index in [0.29, 0.717) is 16.5 Å². The molecule has 166 valence electrons. The molecule has 1 amide bonds. The van der Waals surface area contributed by atoms with Crippen LogP contribution >= 0.6 is 0 Å². The molecule has 0 aliphatic heterocycles. The van der Waals surface area contributed by atoms with E-state index in [2.05, 4.69) is 10.3 Å². The van der Waals surface area contributed by atoms with Gasteiger partial charge >= 0.3 is 12.1 Å². The van der Waals surface area contributed by atoms with Gasteiger partial charge in [0, 0.05) is 29.1 Å².